The molecule has 0 radical (unpaired) electrons. The maximum atomic E-state index is 13.2. The van der Waals surface area contributed by atoms with E-state index in [0.717, 1.165) is 24.0 Å². The summed E-state index contributed by atoms with van der Waals surface area (Å²) in [5, 5.41) is 3.81. The number of halogens is 2. The van der Waals surface area contributed by atoms with Crippen LogP contribution in [-0.2, 0) is 22.6 Å². The fourth-order valence-electron chi connectivity index (χ4n) is 2.96. The Morgan fingerprint density at radius 3 is 2.28 bits per heavy atom. The quantitative estimate of drug-likeness (QED) is 0.552. The number of amides is 2. The summed E-state index contributed by atoms with van der Waals surface area (Å²) >= 11 is 12.5. The third-order valence-corrected chi connectivity index (χ3v) is 5.57. The van der Waals surface area contributed by atoms with Gasteiger partial charge in [0.25, 0.3) is 0 Å². The van der Waals surface area contributed by atoms with Crippen LogP contribution in [0.3, 0.4) is 0 Å². The summed E-state index contributed by atoms with van der Waals surface area (Å²) < 4.78 is 0. The first-order valence-electron chi connectivity index (χ1n) is 9.89. The lowest BCUT2D eigenvalue weighted by molar-refractivity contribution is -0.140. The van der Waals surface area contributed by atoms with Crippen LogP contribution in [-0.4, -0.2) is 29.3 Å². The van der Waals surface area contributed by atoms with Crippen molar-refractivity contribution in [3.8, 4) is 0 Å². The van der Waals surface area contributed by atoms with Gasteiger partial charge in [-0.25, -0.2) is 0 Å². The molecule has 0 aliphatic carbocycles. The zero-order valence-electron chi connectivity index (χ0n) is 17.2. The average molecular weight is 435 g/mol. The summed E-state index contributed by atoms with van der Waals surface area (Å²) in [7, 11) is 0. The Morgan fingerprint density at radius 2 is 1.69 bits per heavy atom. The molecule has 0 saturated carbocycles. The van der Waals surface area contributed by atoms with Crippen LogP contribution in [0.4, 0.5) is 0 Å². The van der Waals surface area contributed by atoms with Gasteiger partial charge in [0, 0.05) is 23.1 Å². The molecular weight excluding hydrogens is 407 g/mol. The van der Waals surface area contributed by atoms with Crippen molar-refractivity contribution in [1.29, 1.82) is 0 Å². The zero-order valence-corrected chi connectivity index (χ0v) is 18.7. The first-order chi connectivity index (χ1) is 13.8. The number of rotatable bonds is 9. The van der Waals surface area contributed by atoms with Crippen LogP contribution in [0.25, 0.3) is 0 Å². The number of nitrogens with zero attached hydrogens (tertiary/aromatic N) is 1. The molecule has 0 aromatic heterocycles. The minimum absolute atomic E-state index is 0.0386. The van der Waals surface area contributed by atoms with Crippen molar-refractivity contribution in [1.82, 2.24) is 10.2 Å². The molecular formula is C23H28Cl2N2O2. The van der Waals surface area contributed by atoms with E-state index in [1.165, 1.54) is 0 Å². The first kappa shape index (κ1) is 23.2. The minimum Gasteiger partial charge on any atom is -0.354 e. The molecule has 0 aliphatic rings. The summed E-state index contributed by atoms with van der Waals surface area (Å²) in [5.74, 6) is -0.358. The molecule has 0 spiro atoms. The molecule has 1 unspecified atom stereocenters. The van der Waals surface area contributed by atoms with E-state index in [4.69, 9.17) is 23.2 Å². The van der Waals surface area contributed by atoms with Gasteiger partial charge in [-0.15, -0.1) is 0 Å². The van der Waals surface area contributed by atoms with Crippen LogP contribution in [0.1, 0.15) is 43.4 Å². The summed E-state index contributed by atoms with van der Waals surface area (Å²) in [4.78, 5) is 27.4. The number of carbonyl (C=O) groups excluding carboxylic acids is 2. The van der Waals surface area contributed by atoms with Crippen LogP contribution < -0.4 is 5.32 Å². The van der Waals surface area contributed by atoms with Crippen LogP contribution >= 0.6 is 23.2 Å². The predicted octanol–water partition coefficient (Wildman–Crippen LogP) is 5.18. The standard InChI is InChI=1S/C23H28Cl2N2O2/c1-4-5-13-26-23(29)17(3)27(15-18-11-9-16(2)10-12-18)22(28)14-19-20(24)7-6-8-21(19)25/h6-12,17H,4-5,13-15H2,1-3H3,(H,26,29). The van der Waals surface area contributed by atoms with E-state index in [1.54, 1.807) is 30.0 Å². The number of unbranched alkanes of at least 4 members (excludes halogenated alkanes) is 1. The smallest absolute Gasteiger partial charge is 0.242 e. The van der Waals surface area contributed by atoms with Gasteiger partial charge in [0.1, 0.15) is 6.04 Å². The molecule has 0 fully saturated rings. The van der Waals surface area contributed by atoms with Gasteiger partial charge in [-0.1, -0.05) is 72.4 Å². The highest BCUT2D eigenvalue weighted by atomic mass is 35.5. The zero-order chi connectivity index (χ0) is 21.4. The maximum Gasteiger partial charge on any atom is 0.242 e. The number of aryl methyl sites for hydroxylation is 1. The molecule has 2 amide bonds. The van der Waals surface area contributed by atoms with Crippen molar-refractivity contribution in [2.45, 2.75) is 52.6 Å². The van der Waals surface area contributed by atoms with Gasteiger partial charge in [0.05, 0.1) is 6.42 Å². The fraction of sp³-hybridized carbons (Fsp3) is 0.391. The van der Waals surface area contributed by atoms with E-state index in [1.807, 2.05) is 31.2 Å². The maximum absolute atomic E-state index is 13.2. The van der Waals surface area contributed by atoms with Gasteiger partial charge in [-0.3, -0.25) is 9.59 Å². The molecule has 6 heteroatoms. The SMILES string of the molecule is CCCCNC(=O)C(C)N(Cc1ccc(C)cc1)C(=O)Cc1c(Cl)cccc1Cl. The van der Waals surface area contributed by atoms with Crippen molar-refractivity contribution in [2.24, 2.45) is 0 Å². The van der Waals surface area contributed by atoms with Gasteiger partial charge in [-0.2, -0.15) is 0 Å². The molecule has 1 N–H and O–H groups in total. The summed E-state index contributed by atoms with van der Waals surface area (Å²) in [6.45, 7) is 6.76. The molecule has 2 aromatic carbocycles. The lowest BCUT2D eigenvalue weighted by Gasteiger charge is -2.29. The highest BCUT2D eigenvalue weighted by Gasteiger charge is 2.27. The number of hydrogen-bond donors (Lipinski definition) is 1. The molecule has 0 saturated heterocycles. The Hall–Kier alpha value is -2.04. The van der Waals surface area contributed by atoms with E-state index in [9.17, 15) is 9.59 Å². The summed E-state index contributed by atoms with van der Waals surface area (Å²) in [6.07, 6.45) is 1.93. The monoisotopic (exact) mass is 434 g/mol. The molecule has 1 atom stereocenters. The fourth-order valence-corrected chi connectivity index (χ4v) is 3.49. The lowest BCUT2D eigenvalue weighted by atomic mass is 10.1. The lowest BCUT2D eigenvalue weighted by Crippen LogP contribution is -2.48. The van der Waals surface area contributed by atoms with Crippen LogP contribution in [0.15, 0.2) is 42.5 Å². The van der Waals surface area contributed by atoms with Crippen molar-refractivity contribution >= 4 is 35.0 Å². The molecule has 0 aliphatic heterocycles. The number of nitrogens with one attached hydrogen (secondary N) is 1. The van der Waals surface area contributed by atoms with Crippen molar-refractivity contribution in [3.05, 3.63) is 69.2 Å². The number of hydrogen-bond acceptors (Lipinski definition) is 2. The Balaban J connectivity index is 2.23. The Bertz CT molecular complexity index is 817. The Labute approximate surface area is 183 Å². The van der Waals surface area contributed by atoms with Crippen molar-refractivity contribution in [3.63, 3.8) is 0 Å². The summed E-state index contributed by atoms with van der Waals surface area (Å²) in [5.41, 5.74) is 2.68. The summed E-state index contributed by atoms with van der Waals surface area (Å²) in [6, 6.07) is 12.5. The molecule has 156 valence electrons. The van der Waals surface area contributed by atoms with E-state index in [2.05, 4.69) is 12.2 Å². The van der Waals surface area contributed by atoms with Crippen LogP contribution in [0.5, 0.6) is 0 Å². The third kappa shape index (κ3) is 6.76. The van der Waals surface area contributed by atoms with Crippen LogP contribution in [0, 0.1) is 6.92 Å². The third-order valence-electron chi connectivity index (χ3n) is 4.86. The molecule has 2 aromatic rings. The predicted molar refractivity (Wildman–Crippen MR) is 119 cm³/mol. The highest BCUT2D eigenvalue weighted by Crippen LogP contribution is 2.26. The number of carbonyl (C=O) groups is 2. The van der Waals surface area contributed by atoms with E-state index in [0.29, 0.717) is 28.7 Å². The first-order valence-corrected chi connectivity index (χ1v) is 10.6. The van der Waals surface area contributed by atoms with E-state index >= 15 is 0 Å². The van der Waals surface area contributed by atoms with Crippen molar-refractivity contribution in [2.75, 3.05) is 6.54 Å². The molecule has 4 nitrogen and oxygen atoms in total. The topological polar surface area (TPSA) is 49.4 Å². The minimum atomic E-state index is -0.609. The number of benzene rings is 2. The molecule has 2 rings (SSSR count). The van der Waals surface area contributed by atoms with Crippen LogP contribution in [0.2, 0.25) is 10.0 Å². The Morgan fingerprint density at radius 1 is 1.07 bits per heavy atom. The highest BCUT2D eigenvalue weighted by molar-refractivity contribution is 6.36. The largest absolute Gasteiger partial charge is 0.354 e. The van der Waals surface area contributed by atoms with Gasteiger partial charge in [-0.05, 0) is 43.5 Å². The second kappa shape index (κ2) is 11.2. The van der Waals surface area contributed by atoms with Gasteiger partial charge >= 0.3 is 0 Å². The molecule has 0 heterocycles. The van der Waals surface area contributed by atoms with Gasteiger partial charge < -0.3 is 10.2 Å². The van der Waals surface area contributed by atoms with E-state index in [-0.39, 0.29) is 18.2 Å². The average Bonchev–Trinajstić information content (AvgIpc) is 2.70. The molecule has 29 heavy (non-hydrogen) atoms. The van der Waals surface area contributed by atoms with Gasteiger partial charge in [0.2, 0.25) is 11.8 Å². The van der Waals surface area contributed by atoms with E-state index < -0.39 is 6.04 Å². The normalized spacial score (nSPS) is 11.8. The molecule has 0 bridgehead atoms. The Kier molecular flexibility index (Phi) is 8.99. The van der Waals surface area contributed by atoms with Crippen molar-refractivity contribution < 1.29 is 9.59 Å². The second-order valence-corrected chi connectivity index (χ2v) is 8.02. The second-order valence-electron chi connectivity index (χ2n) is 7.20. The van der Waals surface area contributed by atoms with Gasteiger partial charge in [0.15, 0.2) is 0 Å².